The van der Waals surface area contributed by atoms with E-state index in [0.29, 0.717) is 13.0 Å². The zero-order chi connectivity index (χ0) is 23.0. The van der Waals surface area contributed by atoms with E-state index in [2.05, 4.69) is 97.1 Å². The van der Waals surface area contributed by atoms with Crippen LogP contribution >= 0.6 is 0 Å². The van der Waals surface area contributed by atoms with Crippen LogP contribution in [-0.2, 0) is 23.2 Å². The summed E-state index contributed by atoms with van der Waals surface area (Å²) < 4.78 is 0. The molecule has 0 aliphatic carbocycles. The van der Waals surface area contributed by atoms with Crippen molar-refractivity contribution in [3.8, 4) is 0 Å². The number of fused-ring (bicyclic) bond motifs is 2. The minimum absolute atomic E-state index is 0.137. The molecule has 1 heterocycles. The first-order chi connectivity index (χ1) is 16.8. The van der Waals surface area contributed by atoms with Gasteiger partial charge in [-0.25, -0.2) is 0 Å². The molecule has 0 fully saturated rings. The fourth-order valence-electron chi connectivity index (χ4n) is 5.47. The minimum atomic E-state index is -0.798. The Kier molecular flexibility index (Phi) is 5.00. The van der Waals surface area contributed by atoms with Gasteiger partial charge >= 0.3 is 0 Å². The first-order valence-corrected chi connectivity index (χ1v) is 11.7. The van der Waals surface area contributed by atoms with E-state index in [9.17, 15) is 4.79 Å². The molecular weight excluding hydrogens is 414 g/mol. The van der Waals surface area contributed by atoms with Crippen molar-refractivity contribution in [3.05, 3.63) is 150 Å². The van der Waals surface area contributed by atoms with E-state index in [1.807, 2.05) is 35.2 Å². The molecule has 1 aliphatic heterocycles. The van der Waals surface area contributed by atoms with Crippen LogP contribution in [0.3, 0.4) is 0 Å². The van der Waals surface area contributed by atoms with Gasteiger partial charge in [-0.3, -0.25) is 4.79 Å². The molecule has 0 saturated carbocycles. The summed E-state index contributed by atoms with van der Waals surface area (Å²) in [5.74, 6) is 0.137. The molecule has 6 rings (SSSR count). The fourth-order valence-corrected chi connectivity index (χ4v) is 5.47. The molecule has 0 N–H and O–H groups in total. The summed E-state index contributed by atoms with van der Waals surface area (Å²) in [5.41, 5.74) is 4.63. The predicted octanol–water partition coefficient (Wildman–Crippen LogP) is 6.92. The molecule has 0 saturated heterocycles. The molecule has 0 bridgehead atoms. The van der Waals surface area contributed by atoms with Gasteiger partial charge in [0.1, 0.15) is 5.41 Å². The molecule has 164 valence electrons. The number of benzene rings is 5. The van der Waals surface area contributed by atoms with Crippen LogP contribution in [0.2, 0.25) is 0 Å². The number of carbonyl (C=O) groups is 1. The quantitative estimate of drug-likeness (QED) is 0.291. The van der Waals surface area contributed by atoms with Gasteiger partial charge in [-0.1, -0.05) is 121 Å². The summed E-state index contributed by atoms with van der Waals surface area (Å²) in [4.78, 5) is 16.6. The van der Waals surface area contributed by atoms with Gasteiger partial charge in [0.15, 0.2) is 0 Å². The Hall–Kier alpha value is -4.17. The van der Waals surface area contributed by atoms with Crippen LogP contribution < -0.4 is 4.90 Å². The number of carbonyl (C=O) groups excluding carboxylic acids is 1. The van der Waals surface area contributed by atoms with Crippen molar-refractivity contribution in [2.45, 2.75) is 18.4 Å². The van der Waals surface area contributed by atoms with Gasteiger partial charge in [0, 0.05) is 5.69 Å². The molecule has 1 aliphatic rings. The lowest BCUT2D eigenvalue weighted by Gasteiger charge is -2.31. The third-order valence-electron chi connectivity index (χ3n) is 7.01. The van der Waals surface area contributed by atoms with Crippen LogP contribution in [0.15, 0.2) is 127 Å². The maximum atomic E-state index is 14.7. The van der Waals surface area contributed by atoms with Crippen molar-refractivity contribution in [2.24, 2.45) is 0 Å². The highest BCUT2D eigenvalue weighted by Gasteiger charge is 2.52. The highest BCUT2D eigenvalue weighted by atomic mass is 16.2. The second kappa shape index (κ2) is 8.31. The molecule has 5 aromatic rings. The lowest BCUT2D eigenvalue weighted by Crippen LogP contribution is -2.42. The van der Waals surface area contributed by atoms with Crippen molar-refractivity contribution in [3.63, 3.8) is 0 Å². The monoisotopic (exact) mass is 439 g/mol. The van der Waals surface area contributed by atoms with Crippen LogP contribution in [0.25, 0.3) is 10.8 Å². The second-order valence-electron chi connectivity index (χ2n) is 8.99. The normalized spacial score (nSPS) is 17.2. The van der Waals surface area contributed by atoms with Crippen LogP contribution in [0, 0.1) is 0 Å². The Balaban J connectivity index is 1.61. The molecule has 0 unspecified atom stereocenters. The lowest BCUT2D eigenvalue weighted by atomic mass is 9.70. The van der Waals surface area contributed by atoms with E-state index in [1.54, 1.807) is 0 Å². The Morgan fingerprint density at radius 2 is 1.15 bits per heavy atom. The van der Waals surface area contributed by atoms with E-state index >= 15 is 0 Å². The average Bonchev–Trinajstić information content (AvgIpc) is 3.13. The van der Waals surface area contributed by atoms with Crippen molar-refractivity contribution < 1.29 is 4.79 Å². The number of anilines is 1. The summed E-state index contributed by atoms with van der Waals surface area (Å²) in [6.45, 7) is 0.554. The number of rotatable bonds is 5. The van der Waals surface area contributed by atoms with E-state index < -0.39 is 5.41 Å². The SMILES string of the molecule is O=C1N(Cc2ccccc2)c2ccccc2[C@]1(Cc1ccccc1)c1cccc2ccccc12. The standard InChI is InChI=1S/C32H25NO/c34-31-32(22-24-12-3-1-4-13-24,28-20-11-17-26-16-7-8-18-27(26)28)29-19-9-10-21-30(29)33(31)23-25-14-5-2-6-15-25/h1-21H,22-23H2/t32-/m0/s1. The third-order valence-corrected chi connectivity index (χ3v) is 7.01. The summed E-state index contributed by atoms with van der Waals surface area (Å²) >= 11 is 0. The largest absolute Gasteiger partial charge is 0.307 e. The summed E-state index contributed by atoms with van der Waals surface area (Å²) in [7, 11) is 0. The van der Waals surface area contributed by atoms with E-state index in [-0.39, 0.29) is 5.91 Å². The highest BCUT2D eigenvalue weighted by molar-refractivity contribution is 6.12. The maximum absolute atomic E-state index is 14.7. The van der Waals surface area contributed by atoms with E-state index in [1.165, 1.54) is 0 Å². The van der Waals surface area contributed by atoms with E-state index in [0.717, 1.165) is 38.7 Å². The molecule has 1 amide bonds. The van der Waals surface area contributed by atoms with Gasteiger partial charge in [0.2, 0.25) is 5.91 Å². The first-order valence-electron chi connectivity index (χ1n) is 11.7. The van der Waals surface area contributed by atoms with Gasteiger partial charge in [-0.15, -0.1) is 0 Å². The van der Waals surface area contributed by atoms with Gasteiger partial charge in [-0.05, 0) is 45.5 Å². The van der Waals surface area contributed by atoms with Gasteiger partial charge < -0.3 is 4.90 Å². The first kappa shape index (κ1) is 20.4. The lowest BCUT2D eigenvalue weighted by molar-refractivity contribution is -0.122. The Labute approximate surface area is 200 Å². The number of amides is 1. The molecular formula is C32H25NO. The Morgan fingerprint density at radius 3 is 1.94 bits per heavy atom. The summed E-state index contributed by atoms with van der Waals surface area (Å²) in [5, 5.41) is 2.28. The highest BCUT2D eigenvalue weighted by Crippen LogP contribution is 2.50. The molecule has 34 heavy (non-hydrogen) atoms. The molecule has 0 spiro atoms. The number of hydrogen-bond donors (Lipinski definition) is 0. The average molecular weight is 440 g/mol. The Bertz CT molecular complexity index is 1470. The molecule has 0 radical (unpaired) electrons. The Morgan fingerprint density at radius 1 is 0.559 bits per heavy atom. The number of para-hydroxylation sites is 1. The van der Waals surface area contributed by atoms with Crippen LogP contribution in [0.1, 0.15) is 22.3 Å². The molecule has 5 aromatic carbocycles. The number of hydrogen-bond acceptors (Lipinski definition) is 1. The maximum Gasteiger partial charge on any atom is 0.242 e. The summed E-state index contributed by atoms with van der Waals surface area (Å²) in [6.07, 6.45) is 0.614. The van der Waals surface area contributed by atoms with Gasteiger partial charge in [-0.2, -0.15) is 0 Å². The topological polar surface area (TPSA) is 20.3 Å². The zero-order valence-electron chi connectivity index (χ0n) is 18.9. The molecule has 2 nitrogen and oxygen atoms in total. The minimum Gasteiger partial charge on any atom is -0.307 e. The third kappa shape index (κ3) is 3.22. The molecule has 0 aromatic heterocycles. The van der Waals surface area contributed by atoms with Gasteiger partial charge in [0.05, 0.1) is 6.54 Å². The van der Waals surface area contributed by atoms with Crippen LogP contribution in [0.4, 0.5) is 5.69 Å². The van der Waals surface area contributed by atoms with E-state index in [4.69, 9.17) is 0 Å². The van der Waals surface area contributed by atoms with Crippen molar-refractivity contribution >= 4 is 22.4 Å². The van der Waals surface area contributed by atoms with Crippen molar-refractivity contribution in [1.82, 2.24) is 0 Å². The smallest absolute Gasteiger partial charge is 0.242 e. The van der Waals surface area contributed by atoms with Gasteiger partial charge in [0.25, 0.3) is 0 Å². The molecule has 1 atom stereocenters. The van der Waals surface area contributed by atoms with Crippen LogP contribution in [-0.4, -0.2) is 5.91 Å². The van der Waals surface area contributed by atoms with Crippen LogP contribution in [0.5, 0.6) is 0 Å². The van der Waals surface area contributed by atoms with Crippen molar-refractivity contribution in [2.75, 3.05) is 4.90 Å². The molecule has 2 heteroatoms. The summed E-state index contributed by atoms with van der Waals surface area (Å²) in [6, 6.07) is 43.7. The number of nitrogens with zero attached hydrogens (tertiary/aromatic N) is 1. The second-order valence-corrected chi connectivity index (χ2v) is 8.99. The fraction of sp³-hybridized carbons (Fsp3) is 0.0938. The predicted molar refractivity (Wildman–Crippen MR) is 139 cm³/mol. The van der Waals surface area contributed by atoms with Crippen molar-refractivity contribution in [1.29, 1.82) is 0 Å². The zero-order valence-corrected chi connectivity index (χ0v) is 18.9.